The summed E-state index contributed by atoms with van der Waals surface area (Å²) in [4.78, 5) is 30.5. The van der Waals surface area contributed by atoms with Crippen molar-refractivity contribution >= 4 is 32.7 Å². The molecule has 0 aliphatic carbocycles. The molecule has 6 nitrogen and oxygen atoms in total. The minimum absolute atomic E-state index is 0.699. The first-order chi connectivity index (χ1) is 35.7. The quantitative estimate of drug-likeness (QED) is 0.144. The zero-order valence-electron chi connectivity index (χ0n) is 38.9. The first-order valence-corrected chi connectivity index (χ1v) is 24.1. The second-order valence-electron chi connectivity index (χ2n) is 17.8. The fourth-order valence-electron chi connectivity index (χ4n) is 9.79. The predicted octanol–water partition coefficient (Wildman–Crippen LogP) is 16.5. The Bertz CT molecular complexity index is 3920. The van der Waals surface area contributed by atoms with Gasteiger partial charge in [-0.3, -0.25) is 0 Å². The standard InChI is InChI=1S/C66H42N6/c1-4-17-49(18-5-1)64-67-57-28-13-10-23-54(57)61(70-64)46-37-31-43(32-38-46)52-26-16-27-53(44-33-39-47(40-34-44)62-55-24-11-14-29-58(55)68-65(71-62)50-19-6-2-7-20-50)60(52)45-35-41-48(42-36-45)63-56-25-12-15-30-59(56)69-66(72-63)51-21-8-3-9-22-51/h1-42H. The van der Waals surface area contributed by atoms with Gasteiger partial charge in [0.15, 0.2) is 17.5 Å². The van der Waals surface area contributed by atoms with Crippen LogP contribution in [0.4, 0.5) is 0 Å². The smallest absolute Gasteiger partial charge is 0.160 e. The van der Waals surface area contributed by atoms with Crippen molar-refractivity contribution in [3.8, 4) is 101 Å². The van der Waals surface area contributed by atoms with Crippen molar-refractivity contribution in [1.29, 1.82) is 0 Å². The molecule has 0 aliphatic rings. The van der Waals surface area contributed by atoms with Crippen molar-refractivity contribution in [2.75, 3.05) is 0 Å². The van der Waals surface area contributed by atoms with E-state index in [2.05, 4.69) is 182 Å². The molecule has 0 unspecified atom stereocenters. The van der Waals surface area contributed by atoms with Gasteiger partial charge in [-0.15, -0.1) is 0 Å². The van der Waals surface area contributed by atoms with Crippen molar-refractivity contribution < 1.29 is 0 Å². The maximum absolute atomic E-state index is 5.19. The summed E-state index contributed by atoms with van der Waals surface area (Å²) in [6.45, 7) is 0. The van der Waals surface area contributed by atoms with Gasteiger partial charge in [-0.1, -0.05) is 237 Å². The van der Waals surface area contributed by atoms with E-state index in [1.54, 1.807) is 0 Å². The third-order valence-corrected chi connectivity index (χ3v) is 13.4. The van der Waals surface area contributed by atoms with E-state index in [0.29, 0.717) is 17.5 Å². The normalized spacial score (nSPS) is 11.3. The number of para-hydroxylation sites is 3. The molecular weight excluding hydrogens is 877 g/mol. The zero-order chi connectivity index (χ0) is 47.8. The summed E-state index contributed by atoms with van der Waals surface area (Å²) in [6.07, 6.45) is 0. The molecule has 0 fully saturated rings. The average Bonchev–Trinajstić information content (AvgIpc) is 3.47. The van der Waals surface area contributed by atoms with E-state index < -0.39 is 0 Å². The number of nitrogens with zero attached hydrogens (tertiary/aromatic N) is 6. The molecular formula is C66H42N6. The Balaban J connectivity index is 0.941. The lowest BCUT2D eigenvalue weighted by atomic mass is 9.86. The number of benzene rings is 10. The Kier molecular flexibility index (Phi) is 10.7. The average molecular weight is 919 g/mol. The van der Waals surface area contributed by atoms with Crippen molar-refractivity contribution in [3.05, 3.63) is 255 Å². The molecule has 0 atom stereocenters. The number of hydrogen-bond acceptors (Lipinski definition) is 6. The van der Waals surface area contributed by atoms with E-state index in [-0.39, 0.29) is 0 Å². The molecule has 13 rings (SSSR count). The molecule has 0 amide bonds. The molecule has 3 aromatic heterocycles. The van der Waals surface area contributed by atoms with Gasteiger partial charge in [-0.2, -0.15) is 0 Å². The van der Waals surface area contributed by atoms with Crippen LogP contribution in [-0.2, 0) is 0 Å². The minimum atomic E-state index is 0.699. The highest BCUT2D eigenvalue weighted by Crippen LogP contribution is 2.43. The summed E-state index contributed by atoms with van der Waals surface area (Å²) in [5.74, 6) is 2.10. The first kappa shape index (κ1) is 42.3. The van der Waals surface area contributed by atoms with Crippen LogP contribution in [0.2, 0.25) is 0 Å². The van der Waals surface area contributed by atoms with E-state index in [0.717, 1.165) is 117 Å². The van der Waals surface area contributed by atoms with Gasteiger partial charge < -0.3 is 0 Å². The number of hydrogen-bond donors (Lipinski definition) is 0. The number of rotatable bonds is 9. The van der Waals surface area contributed by atoms with Gasteiger partial charge in [-0.25, -0.2) is 29.9 Å². The minimum Gasteiger partial charge on any atom is -0.228 e. The fraction of sp³-hybridized carbons (Fsp3) is 0. The van der Waals surface area contributed by atoms with Crippen LogP contribution in [0.15, 0.2) is 255 Å². The molecule has 336 valence electrons. The molecule has 13 aromatic rings. The van der Waals surface area contributed by atoms with Gasteiger partial charge in [-0.05, 0) is 51.6 Å². The van der Waals surface area contributed by atoms with E-state index in [1.165, 1.54) is 0 Å². The van der Waals surface area contributed by atoms with Gasteiger partial charge in [0.05, 0.1) is 33.6 Å². The molecule has 0 spiro atoms. The van der Waals surface area contributed by atoms with E-state index in [4.69, 9.17) is 29.9 Å². The maximum atomic E-state index is 5.19. The van der Waals surface area contributed by atoms with Crippen LogP contribution in [0, 0.1) is 0 Å². The van der Waals surface area contributed by atoms with Crippen LogP contribution in [-0.4, -0.2) is 29.9 Å². The highest BCUT2D eigenvalue weighted by molar-refractivity contribution is 5.99. The van der Waals surface area contributed by atoms with Gasteiger partial charge in [0.25, 0.3) is 0 Å². The third-order valence-electron chi connectivity index (χ3n) is 13.4. The van der Waals surface area contributed by atoms with Crippen molar-refractivity contribution in [3.63, 3.8) is 0 Å². The Morgan fingerprint density at radius 2 is 0.458 bits per heavy atom. The van der Waals surface area contributed by atoms with Crippen molar-refractivity contribution in [2.45, 2.75) is 0 Å². The molecule has 0 saturated heterocycles. The van der Waals surface area contributed by atoms with Crippen LogP contribution >= 0.6 is 0 Å². The van der Waals surface area contributed by atoms with E-state index in [9.17, 15) is 0 Å². The molecule has 0 bridgehead atoms. The molecule has 0 aliphatic heterocycles. The number of aromatic nitrogens is 6. The van der Waals surface area contributed by atoms with Crippen LogP contribution in [0.5, 0.6) is 0 Å². The monoisotopic (exact) mass is 918 g/mol. The van der Waals surface area contributed by atoms with Crippen LogP contribution in [0.1, 0.15) is 0 Å². The summed E-state index contributed by atoms with van der Waals surface area (Å²) < 4.78 is 0. The van der Waals surface area contributed by atoms with Crippen LogP contribution in [0.3, 0.4) is 0 Å². The highest BCUT2D eigenvalue weighted by atomic mass is 14.9. The molecule has 0 N–H and O–H groups in total. The third kappa shape index (κ3) is 7.93. The fourth-order valence-corrected chi connectivity index (χ4v) is 9.79. The molecule has 6 heteroatoms. The molecule has 0 radical (unpaired) electrons. The molecule has 3 heterocycles. The lowest BCUT2D eigenvalue weighted by Gasteiger charge is -2.18. The molecule has 72 heavy (non-hydrogen) atoms. The summed E-state index contributed by atoms with van der Waals surface area (Å²) >= 11 is 0. The Labute approximate surface area is 416 Å². The van der Waals surface area contributed by atoms with Gasteiger partial charge in [0, 0.05) is 49.5 Å². The van der Waals surface area contributed by atoms with Crippen LogP contribution < -0.4 is 0 Å². The van der Waals surface area contributed by atoms with Gasteiger partial charge >= 0.3 is 0 Å². The Hall–Kier alpha value is -9.78. The Morgan fingerprint density at radius 3 is 0.792 bits per heavy atom. The molecule has 0 saturated carbocycles. The van der Waals surface area contributed by atoms with Gasteiger partial charge in [0.2, 0.25) is 0 Å². The van der Waals surface area contributed by atoms with Crippen molar-refractivity contribution in [2.24, 2.45) is 0 Å². The second-order valence-corrected chi connectivity index (χ2v) is 17.8. The van der Waals surface area contributed by atoms with Crippen molar-refractivity contribution in [1.82, 2.24) is 29.9 Å². The summed E-state index contributed by atoms with van der Waals surface area (Å²) in [7, 11) is 0. The topological polar surface area (TPSA) is 77.3 Å². The maximum Gasteiger partial charge on any atom is 0.160 e. The van der Waals surface area contributed by atoms with E-state index >= 15 is 0 Å². The first-order valence-electron chi connectivity index (χ1n) is 24.1. The van der Waals surface area contributed by atoms with Gasteiger partial charge in [0.1, 0.15) is 0 Å². The zero-order valence-corrected chi connectivity index (χ0v) is 38.9. The van der Waals surface area contributed by atoms with Crippen LogP contribution in [0.25, 0.3) is 134 Å². The lowest BCUT2D eigenvalue weighted by Crippen LogP contribution is -1.96. The lowest BCUT2D eigenvalue weighted by molar-refractivity contribution is 1.23. The summed E-state index contributed by atoms with van der Waals surface area (Å²) in [5.41, 5.74) is 18.0. The second kappa shape index (κ2) is 18.3. The predicted molar refractivity (Wildman–Crippen MR) is 295 cm³/mol. The Morgan fingerprint density at radius 1 is 0.181 bits per heavy atom. The summed E-state index contributed by atoms with van der Waals surface area (Å²) in [5, 5.41) is 3.02. The highest BCUT2D eigenvalue weighted by Gasteiger charge is 2.19. The molecule has 10 aromatic carbocycles. The largest absolute Gasteiger partial charge is 0.228 e. The van der Waals surface area contributed by atoms with E-state index in [1.807, 2.05) is 72.8 Å². The number of fused-ring (bicyclic) bond motifs is 3. The SMILES string of the molecule is c1ccc(-c2nc(-c3ccc(-c4cccc(-c5ccc(-c6nc(-c7ccccc7)nc7ccccc67)cc5)c4-c4ccc(-c5nc(-c6ccccc6)nc6ccccc56)cc4)cc3)c3ccccc3n2)cc1. The summed E-state index contributed by atoms with van der Waals surface area (Å²) in [6, 6.07) is 88.4.